The molecule has 0 saturated carbocycles. The number of nitrogens with zero attached hydrogens (tertiary/aromatic N) is 1. The summed E-state index contributed by atoms with van der Waals surface area (Å²) < 4.78 is 0. The van der Waals surface area contributed by atoms with Gasteiger partial charge in [0.2, 0.25) is 0 Å². The summed E-state index contributed by atoms with van der Waals surface area (Å²) >= 11 is 0. The molecular weight excluding hydrogens is 268 g/mol. The third-order valence-electron chi connectivity index (χ3n) is 3.21. The molecule has 1 rings (SSSR count). The van der Waals surface area contributed by atoms with E-state index in [9.17, 15) is 9.59 Å². The largest absolute Gasteiger partial charge is 0.481 e. The van der Waals surface area contributed by atoms with Crippen LogP contribution in [0.1, 0.15) is 32.3 Å². The molecule has 5 nitrogen and oxygen atoms in total. The number of carbonyl (C=O) groups excluding carboxylic acids is 1. The number of carboxylic acid groups (broad SMARTS) is 1. The molecular formula is C16H24N2O3. The second kappa shape index (κ2) is 9.00. The molecule has 1 aromatic rings. The fourth-order valence-corrected chi connectivity index (χ4v) is 2.05. The lowest BCUT2D eigenvalue weighted by Crippen LogP contribution is -2.45. The van der Waals surface area contributed by atoms with Crippen LogP contribution in [0, 0.1) is 0 Å². The Morgan fingerprint density at radius 1 is 1.24 bits per heavy atom. The number of amides is 2. The summed E-state index contributed by atoms with van der Waals surface area (Å²) in [5.41, 5.74) is 1.18. The number of nitrogens with one attached hydrogen (secondary N) is 1. The first-order valence-corrected chi connectivity index (χ1v) is 7.31. The Bertz CT molecular complexity index is 446. The second-order valence-electron chi connectivity index (χ2n) is 5.25. The summed E-state index contributed by atoms with van der Waals surface area (Å²) in [5.74, 6) is -0.830. The summed E-state index contributed by atoms with van der Waals surface area (Å²) in [6.07, 6.45) is 1.34. The van der Waals surface area contributed by atoms with Crippen molar-refractivity contribution >= 4 is 12.0 Å². The van der Waals surface area contributed by atoms with Crippen LogP contribution in [0.4, 0.5) is 4.79 Å². The van der Waals surface area contributed by atoms with E-state index in [2.05, 4.69) is 5.32 Å². The first-order chi connectivity index (χ1) is 10.0. The van der Waals surface area contributed by atoms with Gasteiger partial charge in [-0.1, -0.05) is 30.3 Å². The van der Waals surface area contributed by atoms with Crippen LogP contribution in [0.25, 0.3) is 0 Å². The van der Waals surface area contributed by atoms with Crippen LogP contribution in [0.5, 0.6) is 0 Å². The SMILES string of the molecule is CC(C)N(CCCC(=O)O)C(=O)NCCc1ccccc1. The van der Waals surface area contributed by atoms with Gasteiger partial charge >= 0.3 is 12.0 Å². The lowest BCUT2D eigenvalue weighted by Gasteiger charge is -2.26. The van der Waals surface area contributed by atoms with E-state index in [-0.39, 0.29) is 18.5 Å². The third-order valence-corrected chi connectivity index (χ3v) is 3.21. The minimum atomic E-state index is -0.830. The number of carboxylic acids is 1. The molecule has 0 unspecified atom stereocenters. The predicted octanol–water partition coefficient (Wildman–Crippen LogP) is 2.51. The normalized spacial score (nSPS) is 10.4. The molecule has 0 spiro atoms. The zero-order valence-electron chi connectivity index (χ0n) is 12.7. The minimum absolute atomic E-state index is 0.0514. The maximum Gasteiger partial charge on any atom is 0.317 e. The standard InChI is InChI=1S/C16H24N2O3/c1-13(2)18(12-6-9-15(19)20)16(21)17-11-10-14-7-4-3-5-8-14/h3-5,7-8,13H,6,9-12H2,1-2H3,(H,17,21)(H,19,20). The average Bonchev–Trinajstić information content (AvgIpc) is 2.44. The molecule has 0 saturated heterocycles. The van der Waals surface area contributed by atoms with Gasteiger partial charge in [0.1, 0.15) is 0 Å². The van der Waals surface area contributed by atoms with Crippen LogP contribution in [0.15, 0.2) is 30.3 Å². The molecule has 0 radical (unpaired) electrons. The van der Waals surface area contributed by atoms with Crippen LogP contribution < -0.4 is 5.32 Å². The van der Waals surface area contributed by atoms with Gasteiger partial charge in [0.15, 0.2) is 0 Å². The molecule has 116 valence electrons. The van der Waals surface area contributed by atoms with E-state index >= 15 is 0 Å². The maximum absolute atomic E-state index is 12.1. The lowest BCUT2D eigenvalue weighted by molar-refractivity contribution is -0.137. The molecule has 0 aliphatic heterocycles. The summed E-state index contributed by atoms with van der Waals surface area (Å²) in [6, 6.07) is 9.89. The molecule has 21 heavy (non-hydrogen) atoms. The Morgan fingerprint density at radius 2 is 1.90 bits per heavy atom. The average molecular weight is 292 g/mol. The molecule has 2 N–H and O–H groups in total. The Hall–Kier alpha value is -2.04. The van der Waals surface area contributed by atoms with E-state index < -0.39 is 5.97 Å². The topological polar surface area (TPSA) is 69.6 Å². The molecule has 0 aliphatic carbocycles. The Labute approximate surface area is 126 Å². The van der Waals surface area contributed by atoms with Gasteiger partial charge in [-0.2, -0.15) is 0 Å². The van der Waals surface area contributed by atoms with Gasteiger partial charge < -0.3 is 15.3 Å². The van der Waals surface area contributed by atoms with Crippen molar-refractivity contribution in [2.75, 3.05) is 13.1 Å². The smallest absolute Gasteiger partial charge is 0.317 e. The summed E-state index contributed by atoms with van der Waals surface area (Å²) in [5, 5.41) is 11.5. The number of benzene rings is 1. The number of hydrogen-bond acceptors (Lipinski definition) is 2. The van der Waals surface area contributed by atoms with E-state index in [0.717, 1.165) is 6.42 Å². The van der Waals surface area contributed by atoms with Gasteiger partial charge in [-0.05, 0) is 32.3 Å². The van der Waals surface area contributed by atoms with Crippen molar-refractivity contribution in [3.63, 3.8) is 0 Å². The van der Waals surface area contributed by atoms with Crippen LogP contribution in [-0.2, 0) is 11.2 Å². The van der Waals surface area contributed by atoms with Gasteiger partial charge in [0.25, 0.3) is 0 Å². The molecule has 0 atom stereocenters. The molecule has 1 aromatic carbocycles. The van der Waals surface area contributed by atoms with Gasteiger partial charge in [-0.15, -0.1) is 0 Å². The van der Waals surface area contributed by atoms with Crippen LogP contribution in [0.2, 0.25) is 0 Å². The highest BCUT2D eigenvalue weighted by Gasteiger charge is 2.16. The van der Waals surface area contributed by atoms with Crippen molar-refractivity contribution in [3.8, 4) is 0 Å². The lowest BCUT2D eigenvalue weighted by atomic mass is 10.1. The van der Waals surface area contributed by atoms with Crippen molar-refractivity contribution in [3.05, 3.63) is 35.9 Å². The van der Waals surface area contributed by atoms with Gasteiger partial charge in [-0.3, -0.25) is 4.79 Å². The van der Waals surface area contributed by atoms with Crippen molar-refractivity contribution < 1.29 is 14.7 Å². The fraction of sp³-hybridized carbons (Fsp3) is 0.500. The zero-order valence-corrected chi connectivity index (χ0v) is 12.7. The second-order valence-corrected chi connectivity index (χ2v) is 5.25. The van der Waals surface area contributed by atoms with Crippen molar-refractivity contribution in [2.45, 2.75) is 39.2 Å². The van der Waals surface area contributed by atoms with Gasteiger partial charge in [0, 0.05) is 25.6 Å². The van der Waals surface area contributed by atoms with E-state index in [1.54, 1.807) is 4.90 Å². The highest BCUT2D eigenvalue weighted by atomic mass is 16.4. The predicted molar refractivity (Wildman–Crippen MR) is 82.3 cm³/mol. The van der Waals surface area contributed by atoms with Crippen LogP contribution >= 0.6 is 0 Å². The number of aliphatic carboxylic acids is 1. The van der Waals surface area contributed by atoms with E-state index in [1.807, 2.05) is 44.2 Å². The monoisotopic (exact) mass is 292 g/mol. The Balaban J connectivity index is 2.36. The molecule has 2 amide bonds. The van der Waals surface area contributed by atoms with E-state index in [0.29, 0.717) is 19.5 Å². The molecule has 0 fully saturated rings. The molecule has 0 aromatic heterocycles. The highest BCUT2D eigenvalue weighted by molar-refractivity contribution is 5.74. The van der Waals surface area contributed by atoms with Crippen LogP contribution in [-0.4, -0.2) is 41.1 Å². The maximum atomic E-state index is 12.1. The van der Waals surface area contributed by atoms with Gasteiger partial charge in [-0.25, -0.2) is 4.79 Å². The number of urea groups is 1. The summed E-state index contributed by atoms with van der Waals surface area (Å²) in [4.78, 5) is 24.3. The Kier molecular flexibility index (Phi) is 7.29. The van der Waals surface area contributed by atoms with Crippen molar-refractivity contribution in [1.82, 2.24) is 10.2 Å². The first kappa shape index (κ1) is 17.0. The summed E-state index contributed by atoms with van der Waals surface area (Å²) in [6.45, 7) is 4.89. The first-order valence-electron chi connectivity index (χ1n) is 7.31. The van der Waals surface area contributed by atoms with E-state index in [1.165, 1.54) is 5.56 Å². The van der Waals surface area contributed by atoms with E-state index in [4.69, 9.17) is 5.11 Å². The number of hydrogen-bond donors (Lipinski definition) is 2. The molecule has 0 heterocycles. The van der Waals surface area contributed by atoms with Crippen LogP contribution in [0.3, 0.4) is 0 Å². The van der Waals surface area contributed by atoms with Gasteiger partial charge in [0.05, 0.1) is 0 Å². The molecule has 0 bridgehead atoms. The third kappa shape index (κ3) is 6.79. The zero-order chi connectivity index (χ0) is 15.7. The quantitative estimate of drug-likeness (QED) is 0.773. The summed E-state index contributed by atoms with van der Waals surface area (Å²) in [7, 11) is 0. The highest BCUT2D eigenvalue weighted by Crippen LogP contribution is 2.03. The minimum Gasteiger partial charge on any atom is -0.481 e. The number of rotatable bonds is 8. The molecule has 5 heteroatoms. The number of carbonyl (C=O) groups is 2. The fourth-order valence-electron chi connectivity index (χ4n) is 2.05. The van der Waals surface area contributed by atoms with Crippen molar-refractivity contribution in [1.29, 1.82) is 0 Å². The molecule has 0 aliphatic rings. The van der Waals surface area contributed by atoms with Crippen molar-refractivity contribution in [2.24, 2.45) is 0 Å². The Morgan fingerprint density at radius 3 is 2.48 bits per heavy atom.